The van der Waals surface area contributed by atoms with Crippen molar-refractivity contribution in [2.24, 2.45) is 0 Å². The second kappa shape index (κ2) is 5.25. The van der Waals surface area contributed by atoms with Crippen molar-refractivity contribution >= 4 is 11.6 Å². The molecule has 17 heavy (non-hydrogen) atoms. The summed E-state index contributed by atoms with van der Waals surface area (Å²) < 4.78 is 12.9. The van der Waals surface area contributed by atoms with Crippen molar-refractivity contribution in [3.63, 3.8) is 0 Å². The molecule has 0 bridgehead atoms. The van der Waals surface area contributed by atoms with Crippen LogP contribution >= 0.6 is 0 Å². The number of β-amino-alcohol motifs (C(OH)–C–C–N with tert-alkyl or cyclic N) is 1. The lowest BCUT2D eigenvalue weighted by Crippen LogP contribution is -2.32. The van der Waals surface area contributed by atoms with Gasteiger partial charge in [0.15, 0.2) is 0 Å². The number of nitrogens with one attached hydrogen (secondary N) is 1. The predicted molar refractivity (Wildman–Crippen MR) is 62.1 cm³/mol. The molecule has 0 aliphatic carbocycles. The van der Waals surface area contributed by atoms with E-state index in [9.17, 15) is 14.3 Å². The molecule has 1 aromatic carbocycles. The summed E-state index contributed by atoms with van der Waals surface area (Å²) >= 11 is 0. The molecule has 2 rings (SSSR count). The van der Waals surface area contributed by atoms with Gasteiger partial charge in [-0.15, -0.1) is 0 Å². The van der Waals surface area contributed by atoms with Crippen molar-refractivity contribution in [1.82, 2.24) is 4.90 Å². The van der Waals surface area contributed by atoms with E-state index in [1.165, 1.54) is 12.1 Å². The Morgan fingerprint density at radius 2 is 2.41 bits per heavy atom. The normalized spacial score (nSPS) is 20.5. The quantitative estimate of drug-likeness (QED) is 0.820. The average Bonchev–Trinajstić information content (AvgIpc) is 2.63. The Morgan fingerprint density at radius 3 is 3.06 bits per heavy atom. The van der Waals surface area contributed by atoms with Gasteiger partial charge in [-0.05, 0) is 24.6 Å². The van der Waals surface area contributed by atoms with Crippen LogP contribution < -0.4 is 5.32 Å². The van der Waals surface area contributed by atoms with Gasteiger partial charge in [0, 0.05) is 18.8 Å². The molecular weight excluding hydrogens is 223 g/mol. The number of carbonyl (C=O) groups is 1. The number of amides is 1. The van der Waals surface area contributed by atoms with Crippen LogP contribution in [0, 0.1) is 5.82 Å². The SMILES string of the molecule is O=C(CN1CC[C@@H](O)C1)Nc1cccc(F)c1. The Labute approximate surface area is 99.0 Å². The van der Waals surface area contributed by atoms with E-state index in [0.29, 0.717) is 18.7 Å². The summed E-state index contributed by atoms with van der Waals surface area (Å²) in [5.41, 5.74) is 0.453. The third kappa shape index (κ3) is 3.51. The smallest absolute Gasteiger partial charge is 0.238 e. The molecule has 5 heteroatoms. The molecule has 92 valence electrons. The van der Waals surface area contributed by atoms with Gasteiger partial charge < -0.3 is 10.4 Å². The predicted octanol–water partition coefficient (Wildman–Crippen LogP) is 0.831. The number of anilines is 1. The zero-order valence-electron chi connectivity index (χ0n) is 9.40. The monoisotopic (exact) mass is 238 g/mol. The molecule has 2 N–H and O–H groups in total. The highest BCUT2D eigenvalue weighted by Gasteiger charge is 2.21. The van der Waals surface area contributed by atoms with Crippen molar-refractivity contribution in [1.29, 1.82) is 0 Å². The van der Waals surface area contributed by atoms with E-state index in [0.717, 1.165) is 6.54 Å². The summed E-state index contributed by atoms with van der Waals surface area (Å²) in [7, 11) is 0. The molecule has 1 aromatic rings. The third-order valence-corrected chi connectivity index (χ3v) is 2.72. The molecular formula is C12H15FN2O2. The first kappa shape index (κ1) is 12.0. The number of carbonyl (C=O) groups excluding carboxylic acids is 1. The van der Waals surface area contributed by atoms with E-state index in [1.807, 2.05) is 4.90 Å². The topological polar surface area (TPSA) is 52.6 Å². The van der Waals surface area contributed by atoms with E-state index >= 15 is 0 Å². The molecule has 1 aliphatic heterocycles. The largest absolute Gasteiger partial charge is 0.392 e. The maximum atomic E-state index is 12.9. The fourth-order valence-corrected chi connectivity index (χ4v) is 1.93. The average molecular weight is 238 g/mol. The van der Waals surface area contributed by atoms with Crippen LogP contribution in [-0.4, -0.2) is 41.7 Å². The fourth-order valence-electron chi connectivity index (χ4n) is 1.93. The minimum Gasteiger partial charge on any atom is -0.392 e. The van der Waals surface area contributed by atoms with Crippen molar-refractivity contribution in [3.8, 4) is 0 Å². The van der Waals surface area contributed by atoms with E-state index in [1.54, 1.807) is 12.1 Å². The molecule has 1 heterocycles. The van der Waals surface area contributed by atoms with Gasteiger partial charge in [-0.25, -0.2) is 4.39 Å². The number of aliphatic hydroxyl groups is 1. The van der Waals surface area contributed by atoms with Gasteiger partial charge in [0.25, 0.3) is 0 Å². The number of aliphatic hydroxyl groups excluding tert-OH is 1. The van der Waals surface area contributed by atoms with Gasteiger partial charge in [-0.1, -0.05) is 6.07 Å². The van der Waals surface area contributed by atoms with Crippen molar-refractivity contribution in [2.45, 2.75) is 12.5 Å². The number of hydrogen-bond donors (Lipinski definition) is 2. The number of rotatable bonds is 3. The molecule has 0 saturated carbocycles. The van der Waals surface area contributed by atoms with Crippen LogP contribution in [0.3, 0.4) is 0 Å². The Kier molecular flexibility index (Phi) is 3.71. The molecule has 0 unspecified atom stereocenters. The Balaban J connectivity index is 1.85. The van der Waals surface area contributed by atoms with Crippen molar-refractivity contribution in [3.05, 3.63) is 30.1 Å². The zero-order valence-corrected chi connectivity index (χ0v) is 9.40. The Morgan fingerprint density at radius 1 is 1.59 bits per heavy atom. The standard InChI is InChI=1S/C12H15FN2O2/c13-9-2-1-3-10(6-9)14-12(17)8-15-5-4-11(16)7-15/h1-3,6,11,16H,4-5,7-8H2,(H,14,17)/t11-/m1/s1. The third-order valence-electron chi connectivity index (χ3n) is 2.72. The van der Waals surface area contributed by atoms with Crippen molar-refractivity contribution < 1.29 is 14.3 Å². The van der Waals surface area contributed by atoms with Crippen LogP contribution in [0.1, 0.15) is 6.42 Å². The van der Waals surface area contributed by atoms with E-state index in [-0.39, 0.29) is 24.4 Å². The highest BCUT2D eigenvalue weighted by atomic mass is 19.1. The van der Waals surface area contributed by atoms with Gasteiger partial charge >= 0.3 is 0 Å². The summed E-state index contributed by atoms with van der Waals surface area (Å²) in [5.74, 6) is -0.566. The number of likely N-dealkylation sites (tertiary alicyclic amines) is 1. The van der Waals surface area contributed by atoms with E-state index < -0.39 is 0 Å². The highest BCUT2D eigenvalue weighted by molar-refractivity contribution is 5.92. The number of halogens is 1. The summed E-state index contributed by atoms with van der Waals surface area (Å²) in [6.07, 6.45) is 0.365. The van der Waals surface area contributed by atoms with E-state index in [2.05, 4.69) is 5.32 Å². The fraction of sp³-hybridized carbons (Fsp3) is 0.417. The number of benzene rings is 1. The van der Waals surface area contributed by atoms with Gasteiger partial charge in [0.1, 0.15) is 5.82 Å². The molecule has 4 nitrogen and oxygen atoms in total. The summed E-state index contributed by atoms with van der Waals surface area (Å²) in [4.78, 5) is 13.5. The number of hydrogen-bond acceptors (Lipinski definition) is 3. The maximum Gasteiger partial charge on any atom is 0.238 e. The maximum absolute atomic E-state index is 12.9. The van der Waals surface area contributed by atoms with Crippen LogP contribution in [0.15, 0.2) is 24.3 Å². The van der Waals surface area contributed by atoms with Gasteiger partial charge in [0.05, 0.1) is 12.6 Å². The molecule has 1 aliphatic rings. The van der Waals surface area contributed by atoms with E-state index in [4.69, 9.17) is 0 Å². The molecule has 0 radical (unpaired) electrons. The summed E-state index contributed by atoms with van der Waals surface area (Å²) in [5, 5.41) is 11.9. The van der Waals surface area contributed by atoms with Gasteiger partial charge in [-0.3, -0.25) is 9.69 Å². The van der Waals surface area contributed by atoms with Gasteiger partial charge in [0.2, 0.25) is 5.91 Å². The first-order valence-electron chi connectivity index (χ1n) is 5.59. The minimum absolute atomic E-state index is 0.190. The Bertz CT molecular complexity index is 411. The van der Waals surface area contributed by atoms with Gasteiger partial charge in [-0.2, -0.15) is 0 Å². The second-order valence-electron chi connectivity index (χ2n) is 4.24. The van der Waals surface area contributed by atoms with Crippen molar-refractivity contribution in [2.75, 3.05) is 25.0 Å². The van der Waals surface area contributed by atoms with Crippen LogP contribution in [0.2, 0.25) is 0 Å². The lowest BCUT2D eigenvalue weighted by atomic mass is 10.3. The molecule has 1 saturated heterocycles. The van der Waals surface area contributed by atoms with Crippen LogP contribution in [0.5, 0.6) is 0 Å². The first-order chi connectivity index (χ1) is 8.13. The van der Waals surface area contributed by atoms with Crippen LogP contribution in [-0.2, 0) is 4.79 Å². The Hall–Kier alpha value is -1.46. The zero-order chi connectivity index (χ0) is 12.3. The molecule has 0 aromatic heterocycles. The summed E-state index contributed by atoms with van der Waals surface area (Å²) in [6.45, 7) is 1.47. The lowest BCUT2D eigenvalue weighted by Gasteiger charge is -2.14. The highest BCUT2D eigenvalue weighted by Crippen LogP contribution is 2.11. The first-order valence-corrected chi connectivity index (χ1v) is 5.59. The van der Waals surface area contributed by atoms with Crippen LogP contribution in [0.4, 0.5) is 10.1 Å². The summed E-state index contributed by atoms with van der Waals surface area (Å²) in [6, 6.07) is 5.79. The lowest BCUT2D eigenvalue weighted by molar-refractivity contribution is -0.117. The van der Waals surface area contributed by atoms with Crippen LogP contribution in [0.25, 0.3) is 0 Å². The molecule has 0 spiro atoms. The number of nitrogens with zero attached hydrogens (tertiary/aromatic N) is 1. The molecule has 1 atom stereocenters. The minimum atomic E-state index is -0.376. The molecule has 1 amide bonds. The second-order valence-corrected chi connectivity index (χ2v) is 4.24. The molecule has 1 fully saturated rings.